The Morgan fingerprint density at radius 3 is 2.74 bits per heavy atom. The van der Waals surface area contributed by atoms with E-state index in [4.69, 9.17) is 31.0 Å². The van der Waals surface area contributed by atoms with Crippen molar-refractivity contribution in [1.82, 2.24) is 20.2 Å². The number of piperazine rings is 1. The number of fused-ring (bicyclic) bond motifs is 3. The Morgan fingerprint density at radius 2 is 1.95 bits per heavy atom. The van der Waals surface area contributed by atoms with Gasteiger partial charge in [-0.25, -0.2) is 4.39 Å². The number of aromatic nitrogens is 2. The molecule has 2 atom stereocenters. The summed E-state index contributed by atoms with van der Waals surface area (Å²) in [6.45, 7) is 6.97. The van der Waals surface area contributed by atoms with Crippen LogP contribution in [0.4, 0.5) is 10.2 Å². The fourth-order valence-corrected chi connectivity index (χ4v) is 7.73. The molecular formula is C33H37ClFN5O3. The summed E-state index contributed by atoms with van der Waals surface area (Å²) in [6.07, 6.45) is 2.41. The van der Waals surface area contributed by atoms with Crippen LogP contribution in [0.3, 0.4) is 0 Å². The number of hydrogen-bond donors (Lipinski definition) is 2. The number of rotatable bonds is 7. The Hall–Kier alpha value is -3.40. The van der Waals surface area contributed by atoms with Crippen molar-refractivity contribution >= 4 is 39.1 Å². The van der Waals surface area contributed by atoms with Gasteiger partial charge in [-0.05, 0) is 65.9 Å². The fourth-order valence-electron chi connectivity index (χ4n) is 7.40. The third kappa shape index (κ3) is 4.91. The van der Waals surface area contributed by atoms with Gasteiger partial charge in [-0.3, -0.25) is 4.90 Å². The van der Waals surface area contributed by atoms with Crippen LogP contribution in [0.15, 0.2) is 36.4 Å². The first-order valence-corrected chi connectivity index (χ1v) is 15.6. The van der Waals surface area contributed by atoms with E-state index in [1.54, 1.807) is 19.2 Å². The number of phenolic OH excluding ortho intramolecular Hbond substituents is 1. The predicted octanol–water partition coefficient (Wildman–Crippen LogP) is 5.74. The first kappa shape index (κ1) is 28.4. The van der Waals surface area contributed by atoms with Gasteiger partial charge < -0.3 is 24.8 Å². The van der Waals surface area contributed by atoms with Gasteiger partial charge in [0.05, 0.1) is 28.6 Å². The number of benzene rings is 3. The van der Waals surface area contributed by atoms with E-state index in [0.29, 0.717) is 47.2 Å². The van der Waals surface area contributed by atoms with E-state index in [0.717, 1.165) is 79.3 Å². The molecule has 0 radical (unpaired) electrons. The van der Waals surface area contributed by atoms with Crippen molar-refractivity contribution < 1.29 is 19.0 Å². The molecule has 10 heteroatoms. The molecule has 3 fully saturated rings. The predicted molar refractivity (Wildman–Crippen MR) is 169 cm³/mol. The van der Waals surface area contributed by atoms with E-state index < -0.39 is 6.17 Å². The van der Waals surface area contributed by atoms with E-state index in [1.165, 1.54) is 0 Å². The lowest BCUT2D eigenvalue weighted by Crippen LogP contribution is -2.44. The van der Waals surface area contributed by atoms with Gasteiger partial charge in [-0.1, -0.05) is 36.7 Å². The van der Waals surface area contributed by atoms with Crippen LogP contribution in [0.5, 0.6) is 17.5 Å². The molecule has 226 valence electrons. The van der Waals surface area contributed by atoms with Gasteiger partial charge >= 0.3 is 6.01 Å². The van der Waals surface area contributed by atoms with Gasteiger partial charge in [0.15, 0.2) is 5.75 Å². The van der Waals surface area contributed by atoms with Crippen molar-refractivity contribution in [2.24, 2.45) is 0 Å². The molecule has 7 rings (SSSR count). The van der Waals surface area contributed by atoms with Gasteiger partial charge in [0, 0.05) is 44.7 Å². The molecule has 3 aromatic carbocycles. The SMILES string of the molecule is CCc1cccc2cc(O)cc(-c3cc4nc(OC[C@@]56CCCN5C[C@H](F)C6)nc(N5CCNCC5)c4c(OC)c3Cl)c12. The normalized spacial score (nSPS) is 22.4. The Balaban J connectivity index is 1.41. The highest BCUT2D eigenvalue weighted by Crippen LogP contribution is 2.47. The number of halogens is 2. The maximum Gasteiger partial charge on any atom is 0.319 e. The largest absolute Gasteiger partial charge is 0.508 e. The minimum Gasteiger partial charge on any atom is -0.508 e. The zero-order valence-electron chi connectivity index (χ0n) is 24.6. The molecule has 43 heavy (non-hydrogen) atoms. The van der Waals surface area contributed by atoms with E-state index >= 15 is 0 Å². The minimum absolute atomic E-state index is 0.155. The summed E-state index contributed by atoms with van der Waals surface area (Å²) in [6, 6.07) is 11.8. The zero-order chi connectivity index (χ0) is 29.7. The number of nitrogens with one attached hydrogen (secondary N) is 1. The second-order valence-electron chi connectivity index (χ2n) is 12.0. The number of alkyl halides is 1. The number of aryl methyl sites for hydroxylation is 1. The fraction of sp³-hybridized carbons (Fsp3) is 0.455. The maximum absolute atomic E-state index is 14.5. The number of phenols is 1. The number of aromatic hydroxyl groups is 1. The Labute approximate surface area is 255 Å². The lowest BCUT2D eigenvalue weighted by Gasteiger charge is -2.32. The molecule has 8 nitrogen and oxygen atoms in total. The van der Waals surface area contributed by atoms with Crippen LogP contribution in [-0.2, 0) is 6.42 Å². The van der Waals surface area contributed by atoms with Gasteiger partial charge in [0.25, 0.3) is 0 Å². The van der Waals surface area contributed by atoms with Crippen LogP contribution in [0.1, 0.15) is 31.7 Å². The van der Waals surface area contributed by atoms with E-state index in [9.17, 15) is 9.50 Å². The van der Waals surface area contributed by atoms with Gasteiger partial charge in [-0.15, -0.1) is 0 Å². The number of methoxy groups -OCH3 is 1. The number of nitrogens with zero attached hydrogens (tertiary/aromatic N) is 4. The molecule has 2 N–H and O–H groups in total. The van der Waals surface area contributed by atoms with Crippen molar-refractivity contribution in [3.05, 3.63) is 47.0 Å². The molecule has 0 saturated carbocycles. The van der Waals surface area contributed by atoms with E-state index in [1.807, 2.05) is 18.2 Å². The summed E-state index contributed by atoms with van der Waals surface area (Å²) in [4.78, 5) is 14.3. The number of anilines is 1. The molecule has 0 bridgehead atoms. The monoisotopic (exact) mass is 605 g/mol. The van der Waals surface area contributed by atoms with Crippen LogP contribution in [-0.4, -0.2) is 84.7 Å². The maximum atomic E-state index is 14.5. The van der Waals surface area contributed by atoms with Crippen molar-refractivity contribution in [1.29, 1.82) is 0 Å². The standard InChI is InChI=1S/C33H37ClFN5O3/c1-3-20-6-4-7-21-14-23(41)15-24(27(20)21)25-16-26-28(30(42-2)29(25)34)31(39-12-9-36-10-13-39)38-32(37-26)43-19-33-8-5-11-40(33)18-22(35)17-33/h4,6-7,14-16,22,36,41H,3,5,8-13,17-19H2,1-2H3/t22-,33+/m1/s1. The number of ether oxygens (including phenoxy) is 2. The quantitative estimate of drug-likeness (QED) is 0.276. The highest BCUT2D eigenvalue weighted by molar-refractivity contribution is 6.37. The molecular weight excluding hydrogens is 569 g/mol. The Morgan fingerprint density at radius 1 is 1.12 bits per heavy atom. The van der Waals surface area contributed by atoms with E-state index in [2.05, 4.69) is 28.1 Å². The minimum atomic E-state index is -0.836. The lowest BCUT2D eigenvalue weighted by atomic mass is 9.92. The summed E-state index contributed by atoms with van der Waals surface area (Å²) in [5.41, 5.74) is 2.99. The van der Waals surface area contributed by atoms with Crippen molar-refractivity contribution in [3.8, 4) is 28.6 Å². The first-order valence-electron chi connectivity index (χ1n) is 15.2. The summed E-state index contributed by atoms with van der Waals surface area (Å²) >= 11 is 7.18. The third-order valence-corrected chi connectivity index (χ3v) is 9.79. The van der Waals surface area contributed by atoms with Crippen LogP contribution in [0.25, 0.3) is 32.8 Å². The molecule has 3 aliphatic rings. The molecule has 4 heterocycles. The number of hydrogen-bond acceptors (Lipinski definition) is 8. The molecule has 3 aliphatic heterocycles. The second-order valence-corrected chi connectivity index (χ2v) is 12.3. The summed E-state index contributed by atoms with van der Waals surface area (Å²) < 4.78 is 26.8. The average Bonchev–Trinajstić information content (AvgIpc) is 3.54. The highest BCUT2D eigenvalue weighted by Gasteiger charge is 2.49. The smallest absolute Gasteiger partial charge is 0.319 e. The molecule has 0 aliphatic carbocycles. The van der Waals surface area contributed by atoms with Gasteiger partial charge in [0.2, 0.25) is 0 Å². The van der Waals surface area contributed by atoms with Crippen LogP contribution in [0, 0.1) is 0 Å². The summed E-state index contributed by atoms with van der Waals surface area (Å²) in [5.74, 6) is 1.34. The summed E-state index contributed by atoms with van der Waals surface area (Å²) in [7, 11) is 1.61. The summed E-state index contributed by atoms with van der Waals surface area (Å²) in [5, 5.41) is 17.2. The molecule has 0 amide bonds. The zero-order valence-corrected chi connectivity index (χ0v) is 25.4. The molecule has 3 saturated heterocycles. The van der Waals surface area contributed by atoms with Crippen LogP contribution in [0.2, 0.25) is 5.02 Å². The van der Waals surface area contributed by atoms with Crippen molar-refractivity contribution in [3.63, 3.8) is 0 Å². The lowest BCUT2D eigenvalue weighted by molar-refractivity contribution is 0.107. The van der Waals surface area contributed by atoms with Crippen LogP contribution < -0.4 is 19.7 Å². The van der Waals surface area contributed by atoms with Crippen LogP contribution >= 0.6 is 11.6 Å². The molecule has 1 aromatic heterocycles. The van der Waals surface area contributed by atoms with Gasteiger partial charge in [0.1, 0.15) is 24.3 Å². The third-order valence-electron chi connectivity index (χ3n) is 9.41. The molecule has 0 spiro atoms. The van der Waals surface area contributed by atoms with Crippen molar-refractivity contribution in [2.75, 3.05) is 57.9 Å². The van der Waals surface area contributed by atoms with E-state index in [-0.39, 0.29) is 17.3 Å². The van der Waals surface area contributed by atoms with Gasteiger partial charge in [-0.2, -0.15) is 9.97 Å². The topological polar surface area (TPSA) is 83.0 Å². The highest BCUT2D eigenvalue weighted by atomic mass is 35.5. The molecule has 0 unspecified atom stereocenters. The molecule has 4 aromatic rings. The van der Waals surface area contributed by atoms with Crippen molar-refractivity contribution in [2.45, 2.75) is 44.3 Å². The average molecular weight is 606 g/mol. The Bertz CT molecular complexity index is 1700. The Kier molecular flexibility index (Phi) is 7.43. The second kappa shape index (κ2) is 11.3. The first-order chi connectivity index (χ1) is 20.9.